The van der Waals surface area contributed by atoms with Crippen molar-refractivity contribution in [1.29, 1.82) is 0 Å². The SMILES string of the molecule is Cc1ccc2c(c1)N(CCCCN1CCCC[C@@H]1C(=O)O)c1ccccc1CC2. The summed E-state index contributed by atoms with van der Waals surface area (Å²) in [5.41, 5.74) is 6.82. The highest BCUT2D eigenvalue weighted by molar-refractivity contribution is 5.73. The molecule has 4 nitrogen and oxygen atoms in total. The van der Waals surface area contributed by atoms with Crippen LogP contribution in [0, 0.1) is 6.92 Å². The van der Waals surface area contributed by atoms with Crippen LogP contribution in [0.15, 0.2) is 42.5 Å². The molecule has 0 aliphatic carbocycles. The van der Waals surface area contributed by atoms with Gasteiger partial charge in [0, 0.05) is 17.9 Å². The number of nitrogens with zero attached hydrogens (tertiary/aromatic N) is 2. The largest absolute Gasteiger partial charge is 0.480 e. The Morgan fingerprint density at radius 3 is 2.59 bits per heavy atom. The summed E-state index contributed by atoms with van der Waals surface area (Å²) in [4.78, 5) is 16.2. The first-order chi connectivity index (χ1) is 14.1. The molecule has 1 fully saturated rings. The Hall–Kier alpha value is -2.33. The first-order valence-electron chi connectivity index (χ1n) is 11.1. The van der Waals surface area contributed by atoms with Crippen LogP contribution < -0.4 is 4.90 Å². The summed E-state index contributed by atoms with van der Waals surface area (Å²) in [7, 11) is 0. The van der Waals surface area contributed by atoms with Gasteiger partial charge in [-0.3, -0.25) is 9.69 Å². The van der Waals surface area contributed by atoms with E-state index in [1.54, 1.807) is 0 Å². The topological polar surface area (TPSA) is 43.8 Å². The molecule has 1 atom stereocenters. The van der Waals surface area contributed by atoms with Gasteiger partial charge in [-0.1, -0.05) is 36.8 Å². The Balaban J connectivity index is 1.47. The van der Waals surface area contributed by atoms with E-state index in [1.165, 1.54) is 28.1 Å². The van der Waals surface area contributed by atoms with Crippen molar-refractivity contribution in [3.63, 3.8) is 0 Å². The lowest BCUT2D eigenvalue weighted by molar-refractivity contribution is -0.144. The van der Waals surface area contributed by atoms with Crippen LogP contribution in [0.3, 0.4) is 0 Å². The molecule has 154 valence electrons. The highest BCUT2D eigenvalue weighted by atomic mass is 16.4. The average Bonchev–Trinajstić information content (AvgIpc) is 2.88. The number of rotatable bonds is 6. The molecule has 0 bridgehead atoms. The van der Waals surface area contributed by atoms with Gasteiger partial charge in [-0.15, -0.1) is 0 Å². The average molecular weight is 393 g/mol. The van der Waals surface area contributed by atoms with Gasteiger partial charge in [-0.2, -0.15) is 0 Å². The molecule has 0 saturated carbocycles. The minimum atomic E-state index is -0.657. The molecule has 2 heterocycles. The molecule has 0 amide bonds. The van der Waals surface area contributed by atoms with E-state index in [2.05, 4.69) is 59.2 Å². The molecule has 0 aromatic heterocycles. The molecule has 1 N–H and O–H groups in total. The fourth-order valence-corrected chi connectivity index (χ4v) is 4.89. The zero-order chi connectivity index (χ0) is 20.2. The second-order valence-electron chi connectivity index (χ2n) is 8.51. The Labute approximate surface area is 174 Å². The van der Waals surface area contributed by atoms with Crippen LogP contribution in [-0.2, 0) is 17.6 Å². The summed E-state index contributed by atoms with van der Waals surface area (Å²) in [5, 5.41) is 9.49. The second kappa shape index (κ2) is 9.00. The third-order valence-electron chi connectivity index (χ3n) is 6.45. The summed E-state index contributed by atoms with van der Waals surface area (Å²) in [6.45, 7) is 4.94. The highest BCUT2D eigenvalue weighted by Crippen LogP contribution is 2.36. The van der Waals surface area contributed by atoms with E-state index in [9.17, 15) is 9.90 Å². The summed E-state index contributed by atoms with van der Waals surface area (Å²) in [5.74, 6) is -0.657. The quantitative estimate of drug-likeness (QED) is 0.707. The Morgan fingerprint density at radius 2 is 1.76 bits per heavy atom. The molecule has 1 saturated heterocycles. The maximum Gasteiger partial charge on any atom is 0.320 e. The van der Waals surface area contributed by atoms with Crippen molar-refractivity contribution in [2.45, 2.75) is 57.9 Å². The predicted molar refractivity (Wildman–Crippen MR) is 118 cm³/mol. The van der Waals surface area contributed by atoms with Crippen LogP contribution in [-0.4, -0.2) is 41.7 Å². The van der Waals surface area contributed by atoms with Crippen molar-refractivity contribution in [1.82, 2.24) is 4.90 Å². The normalized spacial score (nSPS) is 19.3. The molecule has 0 radical (unpaired) electrons. The molecule has 0 spiro atoms. The van der Waals surface area contributed by atoms with Gasteiger partial charge < -0.3 is 10.0 Å². The lowest BCUT2D eigenvalue weighted by Crippen LogP contribution is -2.45. The van der Waals surface area contributed by atoms with Gasteiger partial charge in [0.1, 0.15) is 6.04 Å². The van der Waals surface area contributed by atoms with E-state index in [1.807, 2.05) is 0 Å². The van der Waals surface area contributed by atoms with Crippen LogP contribution >= 0.6 is 0 Å². The number of hydrogen-bond donors (Lipinski definition) is 1. The number of benzene rings is 2. The van der Waals surface area contributed by atoms with Crippen LogP contribution in [0.2, 0.25) is 0 Å². The smallest absolute Gasteiger partial charge is 0.320 e. The molecule has 4 rings (SSSR count). The number of carbonyl (C=O) groups is 1. The first-order valence-corrected chi connectivity index (χ1v) is 11.1. The lowest BCUT2D eigenvalue weighted by atomic mass is 10.0. The molecular formula is C25H32N2O2. The number of piperidine rings is 1. The van der Waals surface area contributed by atoms with E-state index >= 15 is 0 Å². The van der Waals surface area contributed by atoms with Crippen molar-refractivity contribution >= 4 is 17.3 Å². The number of para-hydroxylation sites is 1. The van der Waals surface area contributed by atoms with Crippen molar-refractivity contribution in [3.8, 4) is 0 Å². The van der Waals surface area contributed by atoms with E-state index in [-0.39, 0.29) is 6.04 Å². The fraction of sp³-hybridized carbons (Fsp3) is 0.480. The summed E-state index contributed by atoms with van der Waals surface area (Å²) < 4.78 is 0. The molecule has 2 aromatic carbocycles. The molecule has 0 unspecified atom stereocenters. The number of fused-ring (bicyclic) bond motifs is 2. The van der Waals surface area contributed by atoms with Gasteiger partial charge >= 0.3 is 5.97 Å². The highest BCUT2D eigenvalue weighted by Gasteiger charge is 2.28. The zero-order valence-corrected chi connectivity index (χ0v) is 17.4. The standard InChI is InChI=1S/C25H32N2O2/c1-19-11-12-21-14-13-20-8-2-3-9-22(20)27(24(21)18-19)17-7-6-16-26-15-5-4-10-23(26)25(28)29/h2-3,8-9,11-12,18,23H,4-7,10,13-17H2,1H3,(H,28,29)/t23-/m1/s1. The van der Waals surface area contributed by atoms with Gasteiger partial charge in [-0.05, 0) is 87.4 Å². The first kappa shape index (κ1) is 20.0. The van der Waals surface area contributed by atoms with Gasteiger partial charge in [0.15, 0.2) is 0 Å². The number of carboxylic acids is 1. The molecule has 29 heavy (non-hydrogen) atoms. The Morgan fingerprint density at radius 1 is 1.00 bits per heavy atom. The third-order valence-corrected chi connectivity index (χ3v) is 6.45. The van der Waals surface area contributed by atoms with E-state index in [4.69, 9.17) is 0 Å². The number of aryl methyl sites for hydroxylation is 3. The van der Waals surface area contributed by atoms with Crippen molar-refractivity contribution in [3.05, 3.63) is 59.2 Å². The van der Waals surface area contributed by atoms with E-state index in [0.29, 0.717) is 0 Å². The van der Waals surface area contributed by atoms with E-state index < -0.39 is 5.97 Å². The van der Waals surface area contributed by atoms with Crippen molar-refractivity contribution in [2.24, 2.45) is 0 Å². The zero-order valence-electron chi connectivity index (χ0n) is 17.4. The number of carboxylic acid groups (broad SMARTS) is 1. The number of likely N-dealkylation sites (tertiary alicyclic amines) is 1. The van der Waals surface area contributed by atoms with Crippen molar-refractivity contribution in [2.75, 3.05) is 24.5 Å². The molecule has 2 aliphatic heterocycles. The molecule has 2 aromatic rings. The molecular weight excluding hydrogens is 360 g/mol. The summed E-state index contributed by atoms with van der Waals surface area (Å²) in [6, 6.07) is 15.3. The fourth-order valence-electron chi connectivity index (χ4n) is 4.89. The van der Waals surface area contributed by atoms with Crippen LogP contribution in [0.4, 0.5) is 11.4 Å². The summed E-state index contributed by atoms with van der Waals surface area (Å²) >= 11 is 0. The molecule has 2 aliphatic rings. The number of unbranched alkanes of at least 4 members (excludes halogenated alkanes) is 1. The van der Waals surface area contributed by atoms with Crippen LogP contribution in [0.25, 0.3) is 0 Å². The van der Waals surface area contributed by atoms with Gasteiger partial charge in [0.2, 0.25) is 0 Å². The minimum Gasteiger partial charge on any atom is -0.480 e. The lowest BCUT2D eigenvalue weighted by Gasteiger charge is -2.33. The van der Waals surface area contributed by atoms with Gasteiger partial charge in [-0.25, -0.2) is 0 Å². The molecule has 4 heteroatoms. The summed E-state index contributed by atoms with van der Waals surface area (Å²) in [6.07, 6.45) is 7.20. The van der Waals surface area contributed by atoms with E-state index in [0.717, 1.165) is 64.6 Å². The minimum absolute atomic E-state index is 0.286. The van der Waals surface area contributed by atoms with Gasteiger partial charge in [0.05, 0.1) is 0 Å². The number of anilines is 2. The van der Waals surface area contributed by atoms with Crippen LogP contribution in [0.5, 0.6) is 0 Å². The maximum absolute atomic E-state index is 11.5. The Kier molecular flexibility index (Phi) is 6.19. The number of hydrogen-bond acceptors (Lipinski definition) is 3. The third kappa shape index (κ3) is 4.48. The second-order valence-corrected chi connectivity index (χ2v) is 8.51. The number of aliphatic carboxylic acids is 1. The van der Waals surface area contributed by atoms with Crippen LogP contribution in [0.1, 0.15) is 48.8 Å². The monoisotopic (exact) mass is 392 g/mol. The predicted octanol–water partition coefficient (Wildman–Crippen LogP) is 4.95. The maximum atomic E-state index is 11.5. The van der Waals surface area contributed by atoms with Crippen molar-refractivity contribution < 1.29 is 9.90 Å². The van der Waals surface area contributed by atoms with Gasteiger partial charge in [0.25, 0.3) is 0 Å². The Bertz CT molecular complexity index is 864.